The molecular weight excluding hydrogens is 263 g/mol. The Morgan fingerprint density at radius 1 is 1.42 bits per heavy atom. The van der Waals surface area contributed by atoms with Crippen molar-refractivity contribution in [2.45, 2.75) is 0 Å². The fourth-order valence-corrected chi connectivity index (χ4v) is 1.69. The fourth-order valence-electron chi connectivity index (χ4n) is 0.661. The molecular formula is C6H6BrO3PS. The van der Waals surface area contributed by atoms with Gasteiger partial charge >= 0.3 is 6.72 Å². The zero-order valence-corrected chi connectivity index (χ0v) is 9.14. The minimum Gasteiger partial charge on any atom is -0.424 e. The summed E-state index contributed by atoms with van der Waals surface area (Å²) in [5, 5.41) is 0. The first kappa shape index (κ1) is 10.2. The van der Waals surface area contributed by atoms with Crippen LogP contribution >= 0.6 is 22.6 Å². The number of benzene rings is 1. The van der Waals surface area contributed by atoms with Gasteiger partial charge in [-0.1, -0.05) is 22.0 Å². The molecule has 0 aliphatic heterocycles. The van der Waals surface area contributed by atoms with E-state index >= 15 is 0 Å². The van der Waals surface area contributed by atoms with Crippen LogP contribution < -0.4 is 4.52 Å². The van der Waals surface area contributed by atoms with Gasteiger partial charge in [-0.2, -0.15) is 0 Å². The first-order valence-corrected chi connectivity index (χ1v) is 6.40. The number of halogens is 1. The third-order valence-corrected chi connectivity index (χ3v) is 2.19. The summed E-state index contributed by atoms with van der Waals surface area (Å²) >= 11 is 7.50. The van der Waals surface area contributed by atoms with Gasteiger partial charge in [0.2, 0.25) is 0 Å². The standard InChI is InChI=1S/C6H6BrO3PS/c7-5-2-1-3-6(4-5)10-11(8,9)12/h1-4H,(H2,8,9,12). The molecule has 66 valence electrons. The molecule has 0 aliphatic rings. The van der Waals surface area contributed by atoms with E-state index in [9.17, 15) is 0 Å². The van der Waals surface area contributed by atoms with Crippen molar-refractivity contribution in [3.8, 4) is 5.75 Å². The molecule has 6 heteroatoms. The third-order valence-electron chi connectivity index (χ3n) is 1.02. The van der Waals surface area contributed by atoms with E-state index in [1.165, 1.54) is 0 Å². The molecule has 12 heavy (non-hydrogen) atoms. The second-order valence-corrected chi connectivity index (χ2v) is 5.55. The molecule has 0 aromatic heterocycles. The van der Waals surface area contributed by atoms with E-state index in [2.05, 4.69) is 32.3 Å². The molecule has 0 fully saturated rings. The van der Waals surface area contributed by atoms with E-state index in [-0.39, 0.29) is 0 Å². The van der Waals surface area contributed by atoms with Crippen molar-refractivity contribution >= 4 is 34.5 Å². The zero-order valence-electron chi connectivity index (χ0n) is 5.85. The molecule has 0 saturated carbocycles. The predicted octanol–water partition coefficient (Wildman–Crippen LogP) is 2.04. The number of hydrogen-bond acceptors (Lipinski definition) is 2. The van der Waals surface area contributed by atoms with E-state index in [4.69, 9.17) is 9.79 Å². The van der Waals surface area contributed by atoms with Gasteiger partial charge < -0.3 is 14.3 Å². The van der Waals surface area contributed by atoms with Gasteiger partial charge in [0.25, 0.3) is 0 Å². The predicted molar refractivity (Wildman–Crippen MR) is 53.5 cm³/mol. The summed E-state index contributed by atoms with van der Waals surface area (Å²) in [7, 11) is 0. The van der Waals surface area contributed by atoms with Crippen molar-refractivity contribution in [1.82, 2.24) is 0 Å². The first-order valence-electron chi connectivity index (χ1n) is 2.98. The Bertz CT molecular complexity index is 324. The van der Waals surface area contributed by atoms with Crippen LogP contribution in [0.3, 0.4) is 0 Å². The lowest BCUT2D eigenvalue weighted by Gasteiger charge is -2.09. The highest BCUT2D eigenvalue weighted by atomic mass is 79.9. The average molecular weight is 269 g/mol. The lowest BCUT2D eigenvalue weighted by atomic mass is 10.3. The highest BCUT2D eigenvalue weighted by molar-refractivity contribution is 9.10. The van der Waals surface area contributed by atoms with E-state index in [1.807, 2.05) is 0 Å². The van der Waals surface area contributed by atoms with Crippen molar-refractivity contribution in [2.75, 3.05) is 0 Å². The van der Waals surface area contributed by atoms with Crippen molar-refractivity contribution in [1.29, 1.82) is 0 Å². The van der Waals surface area contributed by atoms with Gasteiger partial charge in [0.05, 0.1) is 0 Å². The minimum absolute atomic E-state index is 0.345. The van der Waals surface area contributed by atoms with Gasteiger partial charge in [0.1, 0.15) is 5.75 Å². The highest BCUT2D eigenvalue weighted by Gasteiger charge is 2.09. The second kappa shape index (κ2) is 3.85. The molecule has 1 rings (SSSR count). The molecule has 0 unspecified atom stereocenters. The maximum atomic E-state index is 8.81. The van der Waals surface area contributed by atoms with Crippen LogP contribution in [0.15, 0.2) is 28.7 Å². The van der Waals surface area contributed by atoms with E-state index < -0.39 is 6.72 Å². The van der Waals surface area contributed by atoms with Crippen LogP contribution in [0.5, 0.6) is 5.75 Å². The van der Waals surface area contributed by atoms with Crippen LogP contribution in [0.4, 0.5) is 0 Å². The maximum absolute atomic E-state index is 8.81. The van der Waals surface area contributed by atoms with E-state index in [1.54, 1.807) is 24.3 Å². The van der Waals surface area contributed by atoms with Gasteiger partial charge in [-0.15, -0.1) is 0 Å². The van der Waals surface area contributed by atoms with Crippen LogP contribution in [-0.2, 0) is 11.8 Å². The third kappa shape index (κ3) is 3.65. The van der Waals surface area contributed by atoms with E-state index in [0.29, 0.717) is 5.75 Å². The Kier molecular flexibility index (Phi) is 3.26. The summed E-state index contributed by atoms with van der Waals surface area (Å²) in [6.45, 7) is -3.59. The van der Waals surface area contributed by atoms with Gasteiger partial charge in [0, 0.05) is 16.3 Å². The monoisotopic (exact) mass is 268 g/mol. The molecule has 0 bridgehead atoms. The summed E-state index contributed by atoms with van der Waals surface area (Å²) in [5.74, 6) is 0.345. The van der Waals surface area contributed by atoms with Crippen LogP contribution in [0, 0.1) is 0 Å². The van der Waals surface area contributed by atoms with Crippen LogP contribution in [-0.4, -0.2) is 9.79 Å². The molecule has 1 aromatic rings. The molecule has 1 aromatic carbocycles. The zero-order chi connectivity index (χ0) is 9.19. The van der Waals surface area contributed by atoms with Crippen molar-refractivity contribution in [3.05, 3.63) is 28.7 Å². The molecule has 0 radical (unpaired) electrons. The highest BCUT2D eigenvalue weighted by Crippen LogP contribution is 2.38. The molecule has 0 spiro atoms. The maximum Gasteiger partial charge on any atom is 0.375 e. The SMILES string of the molecule is OP(O)(=S)Oc1cccc(Br)c1. The smallest absolute Gasteiger partial charge is 0.375 e. The number of hydrogen-bond donors (Lipinski definition) is 2. The summed E-state index contributed by atoms with van der Waals surface area (Å²) < 4.78 is 5.48. The quantitative estimate of drug-likeness (QED) is 0.806. The van der Waals surface area contributed by atoms with Crippen LogP contribution in [0.25, 0.3) is 0 Å². The molecule has 3 nitrogen and oxygen atoms in total. The number of rotatable bonds is 2. The molecule has 0 saturated heterocycles. The summed E-state index contributed by atoms with van der Waals surface area (Å²) in [6, 6.07) is 6.71. The Morgan fingerprint density at radius 3 is 2.58 bits per heavy atom. The average Bonchev–Trinajstić information content (AvgIpc) is 1.82. The Hall–Kier alpha value is 0.0700. The lowest BCUT2D eigenvalue weighted by Crippen LogP contribution is -1.88. The summed E-state index contributed by atoms with van der Waals surface area (Å²) in [6.07, 6.45) is 0. The Morgan fingerprint density at radius 2 is 2.08 bits per heavy atom. The van der Waals surface area contributed by atoms with Crippen LogP contribution in [0.2, 0.25) is 0 Å². The van der Waals surface area contributed by atoms with Crippen molar-refractivity contribution in [2.24, 2.45) is 0 Å². The van der Waals surface area contributed by atoms with Gasteiger partial charge in [0.15, 0.2) is 0 Å². The summed E-state index contributed by atoms with van der Waals surface area (Å²) in [4.78, 5) is 17.6. The van der Waals surface area contributed by atoms with Crippen molar-refractivity contribution in [3.63, 3.8) is 0 Å². The van der Waals surface area contributed by atoms with Gasteiger partial charge in [-0.05, 0) is 18.2 Å². The molecule has 0 heterocycles. The molecule has 0 atom stereocenters. The summed E-state index contributed by atoms with van der Waals surface area (Å²) in [5.41, 5.74) is 0. The first-order chi connectivity index (χ1) is 5.47. The van der Waals surface area contributed by atoms with Gasteiger partial charge in [-0.25, -0.2) is 0 Å². The molecule has 2 N–H and O–H groups in total. The second-order valence-electron chi connectivity index (χ2n) is 2.04. The lowest BCUT2D eigenvalue weighted by molar-refractivity contribution is 0.370. The largest absolute Gasteiger partial charge is 0.424 e. The normalized spacial score (nSPS) is 11.2. The topological polar surface area (TPSA) is 49.7 Å². The Balaban J connectivity index is 2.84. The minimum atomic E-state index is -3.59. The Labute approximate surface area is 83.4 Å². The fraction of sp³-hybridized carbons (Fsp3) is 0. The van der Waals surface area contributed by atoms with Gasteiger partial charge in [-0.3, -0.25) is 0 Å². The van der Waals surface area contributed by atoms with Crippen molar-refractivity contribution < 1.29 is 14.3 Å². The van der Waals surface area contributed by atoms with E-state index in [0.717, 1.165) is 4.47 Å². The molecule has 0 amide bonds. The van der Waals surface area contributed by atoms with Crippen LogP contribution in [0.1, 0.15) is 0 Å². The molecule has 0 aliphatic carbocycles.